The van der Waals surface area contributed by atoms with Gasteiger partial charge in [-0.05, 0) is 29.4 Å². The van der Waals surface area contributed by atoms with E-state index in [-0.39, 0.29) is 29.0 Å². The van der Waals surface area contributed by atoms with Gasteiger partial charge in [0, 0.05) is 29.3 Å². The normalized spacial score (nSPS) is 12.1. The topological polar surface area (TPSA) is 108 Å². The smallest absolute Gasteiger partial charge is 0.396 e. The summed E-state index contributed by atoms with van der Waals surface area (Å²) in [7, 11) is 0. The zero-order chi connectivity index (χ0) is 19.9. The fourth-order valence-electron chi connectivity index (χ4n) is 2.68. The van der Waals surface area contributed by atoms with E-state index in [0.29, 0.717) is 11.3 Å². The number of ketones is 1. The summed E-state index contributed by atoms with van der Waals surface area (Å²) in [5.74, 6) is -1.30. The molecule has 3 rings (SSSR count). The summed E-state index contributed by atoms with van der Waals surface area (Å²) in [5, 5.41) is 7.30. The Balaban J connectivity index is 2.08. The van der Waals surface area contributed by atoms with Crippen LogP contribution in [0.4, 0.5) is 18.9 Å². The molecule has 0 aromatic carbocycles. The van der Waals surface area contributed by atoms with Gasteiger partial charge >= 0.3 is 6.18 Å². The lowest BCUT2D eigenvalue weighted by molar-refractivity contribution is -0.138. The number of carbonyl (C=O) groups is 1. The number of carbonyl (C=O) groups excluding carboxylic acids is 1. The average Bonchev–Trinajstić information content (AvgIpc) is 3.05. The van der Waals surface area contributed by atoms with Crippen molar-refractivity contribution in [2.45, 2.75) is 33.4 Å². The maximum atomic E-state index is 13.3. The van der Waals surface area contributed by atoms with Gasteiger partial charge in [-0.2, -0.15) is 13.2 Å². The molecule has 27 heavy (non-hydrogen) atoms. The highest BCUT2D eigenvalue weighted by Crippen LogP contribution is 2.33. The van der Waals surface area contributed by atoms with Crippen molar-refractivity contribution in [2.75, 3.05) is 5.73 Å². The lowest BCUT2D eigenvalue weighted by atomic mass is 9.99. The molecule has 2 N–H and O–H groups in total. The van der Waals surface area contributed by atoms with Gasteiger partial charge in [0.15, 0.2) is 11.3 Å². The summed E-state index contributed by atoms with van der Waals surface area (Å²) in [5.41, 5.74) is 6.52. The number of nitrogen functional groups attached to an aromatic ring is 1. The molecule has 7 nitrogen and oxygen atoms in total. The van der Waals surface area contributed by atoms with Crippen LogP contribution in [0.25, 0.3) is 11.2 Å². The predicted octanol–water partition coefficient (Wildman–Crippen LogP) is 3.35. The molecule has 0 saturated heterocycles. The van der Waals surface area contributed by atoms with Gasteiger partial charge in [0.2, 0.25) is 5.65 Å². The highest BCUT2D eigenvalue weighted by atomic mass is 19.4. The van der Waals surface area contributed by atoms with E-state index in [9.17, 15) is 18.0 Å². The number of Topliss-reactive ketones (excluding diaryl/α,β-unsaturated/α-hetero) is 1. The Morgan fingerprint density at radius 2 is 1.93 bits per heavy atom. The van der Waals surface area contributed by atoms with E-state index in [1.54, 1.807) is 6.92 Å². The minimum atomic E-state index is -4.67. The third-order valence-electron chi connectivity index (χ3n) is 4.14. The molecule has 0 atom stereocenters. The summed E-state index contributed by atoms with van der Waals surface area (Å²) in [6, 6.07) is 2.09. The molecule has 3 aromatic heterocycles. The van der Waals surface area contributed by atoms with E-state index in [2.05, 4.69) is 24.9 Å². The molecule has 3 aromatic rings. The van der Waals surface area contributed by atoms with Crippen molar-refractivity contribution in [3.63, 3.8) is 0 Å². The number of aryl methyl sites for hydroxylation is 1. The van der Waals surface area contributed by atoms with Gasteiger partial charge in [0.25, 0.3) is 0 Å². The van der Waals surface area contributed by atoms with Crippen LogP contribution in [0.3, 0.4) is 0 Å². The lowest BCUT2D eigenvalue weighted by Crippen LogP contribution is -2.19. The van der Waals surface area contributed by atoms with Crippen molar-refractivity contribution in [1.82, 2.24) is 20.3 Å². The zero-order valence-electron chi connectivity index (χ0n) is 14.8. The van der Waals surface area contributed by atoms with Crippen LogP contribution in [0, 0.1) is 12.8 Å². The molecule has 0 spiro atoms. The molecule has 0 amide bonds. The minimum Gasteiger partial charge on any atom is -0.396 e. The first kappa shape index (κ1) is 18.7. The Labute approximate surface area is 151 Å². The number of rotatable bonds is 4. The molecule has 0 aliphatic rings. The van der Waals surface area contributed by atoms with E-state index in [1.807, 2.05) is 0 Å². The molecule has 3 heterocycles. The van der Waals surface area contributed by atoms with Crippen molar-refractivity contribution in [3.05, 3.63) is 40.3 Å². The number of halogens is 3. The second-order valence-electron chi connectivity index (χ2n) is 6.42. The Morgan fingerprint density at radius 1 is 1.22 bits per heavy atom. The number of fused-ring (bicyclic) bond motifs is 1. The quantitative estimate of drug-likeness (QED) is 0.693. The summed E-state index contributed by atoms with van der Waals surface area (Å²) in [4.78, 5) is 20.5. The molecule has 10 heteroatoms. The second-order valence-corrected chi connectivity index (χ2v) is 6.42. The van der Waals surface area contributed by atoms with Crippen LogP contribution in [0.2, 0.25) is 0 Å². The number of nitrogens with two attached hydrogens (primary N) is 1. The van der Waals surface area contributed by atoms with Gasteiger partial charge in [-0.25, -0.2) is 14.6 Å². The van der Waals surface area contributed by atoms with Gasteiger partial charge < -0.3 is 5.73 Å². The monoisotopic (exact) mass is 379 g/mol. The summed E-state index contributed by atoms with van der Waals surface area (Å²) in [6.07, 6.45) is -4.59. The van der Waals surface area contributed by atoms with E-state index in [4.69, 9.17) is 5.73 Å². The average molecular weight is 379 g/mol. The molecule has 142 valence electrons. The van der Waals surface area contributed by atoms with Crippen LogP contribution in [-0.4, -0.2) is 26.1 Å². The number of nitrogens with zero attached hydrogens (tertiary/aromatic N) is 4. The maximum Gasteiger partial charge on any atom is 0.418 e. The van der Waals surface area contributed by atoms with Crippen LogP contribution < -0.4 is 5.73 Å². The van der Waals surface area contributed by atoms with Crippen molar-refractivity contribution in [1.29, 1.82) is 0 Å². The van der Waals surface area contributed by atoms with Crippen molar-refractivity contribution >= 4 is 22.6 Å². The molecule has 0 fully saturated rings. The van der Waals surface area contributed by atoms with Gasteiger partial charge in [0.1, 0.15) is 5.69 Å². The zero-order valence-corrected chi connectivity index (χ0v) is 14.8. The first-order valence-corrected chi connectivity index (χ1v) is 8.08. The van der Waals surface area contributed by atoms with Crippen LogP contribution in [0.15, 0.2) is 16.8 Å². The van der Waals surface area contributed by atoms with E-state index >= 15 is 0 Å². The van der Waals surface area contributed by atoms with Crippen LogP contribution >= 0.6 is 0 Å². The minimum absolute atomic E-state index is 0.0873. The van der Waals surface area contributed by atoms with Gasteiger partial charge in [-0.3, -0.25) is 4.79 Å². The molecule has 0 unspecified atom stereocenters. The number of alkyl halides is 3. The Kier molecular flexibility index (Phi) is 4.58. The largest absolute Gasteiger partial charge is 0.418 e. The molecule has 0 radical (unpaired) electrons. The summed E-state index contributed by atoms with van der Waals surface area (Å²) >= 11 is 0. The molecular formula is C17H16F3N5O2. The fraction of sp³-hybridized carbons (Fsp3) is 0.353. The third kappa shape index (κ3) is 3.46. The summed E-state index contributed by atoms with van der Waals surface area (Å²) < 4.78 is 44.4. The lowest BCUT2D eigenvalue weighted by Gasteiger charge is -2.15. The SMILES string of the molecule is Cc1nc2nonc2c(N)c1Cc1ccc(C(F)(F)F)c(C(=O)C(C)C)n1. The van der Waals surface area contributed by atoms with Crippen molar-refractivity contribution in [2.24, 2.45) is 5.92 Å². The standard InChI is InChI=1S/C17H16F3N5O2/c1-7(2)15(26)13-11(17(18,19)20)5-4-9(23-13)6-10-8(3)22-16-14(12(10)21)24-27-25-16/h4-5,7H,6,21H2,1-3H3. The third-order valence-corrected chi connectivity index (χ3v) is 4.14. The molecule has 0 aliphatic carbocycles. The van der Waals surface area contributed by atoms with Crippen molar-refractivity contribution in [3.8, 4) is 0 Å². The Morgan fingerprint density at radius 3 is 2.56 bits per heavy atom. The van der Waals surface area contributed by atoms with E-state index < -0.39 is 29.1 Å². The first-order valence-electron chi connectivity index (χ1n) is 8.08. The van der Waals surface area contributed by atoms with Gasteiger partial charge in [-0.1, -0.05) is 13.8 Å². The summed E-state index contributed by atoms with van der Waals surface area (Å²) in [6.45, 7) is 4.73. The van der Waals surface area contributed by atoms with Gasteiger partial charge in [-0.15, -0.1) is 0 Å². The number of hydrogen-bond donors (Lipinski definition) is 1. The van der Waals surface area contributed by atoms with Gasteiger partial charge in [0.05, 0.1) is 11.3 Å². The predicted molar refractivity (Wildman–Crippen MR) is 90.0 cm³/mol. The second kappa shape index (κ2) is 6.60. The first-order chi connectivity index (χ1) is 12.6. The van der Waals surface area contributed by atoms with E-state index in [1.165, 1.54) is 19.9 Å². The number of aromatic nitrogens is 4. The number of anilines is 1. The van der Waals surface area contributed by atoms with Crippen LogP contribution in [0.5, 0.6) is 0 Å². The molecule has 0 bridgehead atoms. The number of pyridine rings is 2. The van der Waals surface area contributed by atoms with Crippen LogP contribution in [0.1, 0.15) is 46.9 Å². The van der Waals surface area contributed by atoms with Crippen molar-refractivity contribution < 1.29 is 22.6 Å². The van der Waals surface area contributed by atoms with E-state index in [0.717, 1.165) is 6.07 Å². The molecular weight excluding hydrogens is 363 g/mol. The Bertz CT molecular complexity index is 1030. The highest BCUT2D eigenvalue weighted by Gasteiger charge is 2.36. The Hall–Kier alpha value is -3.04. The number of hydrogen-bond acceptors (Lipinski definition) is 7. The van der Waals surface area contributed by atoms with Crippen LogP contribution in [-0.2, 0) is 12.6 Å². The highest BCUT2D eigenvalue weighted by molar-refractivity contribution is 5.97. The maximum absolute atomic E-state index is 13.3. The molecule has 0 aliphatic heterocycles. The molecule has 0 saturated carbocycles. The fourth-order valence-corrected chi connectivity index (χ4v) is 2.68.